The molecule has 3 rings (SSSR count). The lowest BCUT2D eigenvalue weighted by Gasteiger charge is -2.32. The van der Waals surface area contributed by atoms with E-state index >= 15 is 0 Å². The van der Waals surface area contributed by atoms with Crippen LogP contribution in [0.5, 0.6) is 0 Å². The van der Waals surface area contributed by atoms with E-state index in [0.29, 0.717) is 18.7 Å². The number of rotatable bonds is 4. The van der Waals surface area contributed by atoms with Gasteiger partial charge in [0.15, 0.2) is 0 Å². The summed E-state index contributed by atoms with van der Waals surface area (Å²) >= 11 is 0. The lowest BCUT2D eigenvalue weighted by Crippen LogP contribution is -2.47. The molecule has 4 heteroatoms. The summed E-state index contributed by atoms with van der Waals surface area (Å²) in [4.78, 5) is 26.3. The normalized spacial score (nSPS) is 14.9. The molecule has 124 valence electrons. The van der Waals surface area contributed by atoms with Crippen LogP contribution in [0, 0.1) is 0 Å². The smallest absolute Gasteiger partial charge is 0.328 e. The van der Waals surface area contributed by atoms with Crippen LogP contribution in [-0.4, -0.2) is 36.0 Å². The maximum atomic E-state index is 12.7. The number of hydrogen-bond acceptors (Lipinski definition) is 3. The highest BCUT2D eigenvalue weighted by Gasteiger charge is 2.32. The van der Waals surface area contributed by atoms with Crippen molar-refractivity contribution < 1.29 is 14.3 Å². The highest BCUT2D eigenvalue weighted by molar-refractivity contribution is 5.99. The molecule has 1 unspecified atom stereocenters. The molecule has 0 aliphatic carbocycles. The minimum Gasteiger partial charge on any atom is -0.464 e. The van der Waals surface area contributed by atoms with Crippen molar-refractivity contribution in [3.63, 3.8) is 0 Å². The molecule has 1 aliphatic heterocycles. The van der Waals surface area contributed by atoms with Gasteiger partial charge in [0.25, 0.3) is 5.91 Å². The van der Waals surface area contributed by atoms with Gasteiger partial charge in [0.1, 0.15) is 6.04 Å². The first-order chi connectivity index (χ1) is 11.6. The SMILES string of the molecule is CCOC(=O)C(C)N1CCc2cc(-c3ccccc3)ccc2C1=O. The first-order valence-corrected chi connectivity index (χ1v) is 8.27. The Kier molecular flexibility index (Phi) is 4.65. The molecule has 4 nitrogen and oxygen atoms in total. The Balaban J connectivity index is 1.85. The van der Waals surface area contributed by atoms with Crippen LogP contribution in [0.25, 0.3) is 11.1 Å². The van der Waals surface area contributed by atoms with Crippen LogP contribution in [0.1, 0.15) is 29.8 Å². The highest BCUT2D eigenvalue weighted by Crippen LogP contribution is 2.27. The monoisotopic (exact) mass is 323 g/mol. The molecule has 0 aromatic heterocycles. The van der Waals surface area contributed by atoms with Crippen molar-refractivity contribution in [2.75, 3.05) is 13.2 Å². The van der Waals surface area contributed by atoms with E-state index in [1.807, 2.05) is 30.3 Å². The van der Waals surface area contributed by atoms with Crippen LogP contribution in [0.15, 0.2) is 48.5 Å². The number of fused-ring (bicyclic) bond motifs is 1. The first-order valence-electron chi connectivity index (χ1n) is 8.27. The number of amides is 1. The maximum absolute atomic E-state index is 12.7. The number of carbonyl (C=O) groups is 2. The van der Waals surface area contributed by atoms with Gasteiger partial charge < -0.3 is 9.64 Å². The second-order valence-corrected chi connectivity index (χ2v) is 5.91. The van der Waals surface area contributed by atoms with Crippen molar-refractivity contribution in [1.82, 2.24) is 4.90 Å². The molecule has 0 spiro atoms. The van der Waals surface area contributed by atoms with Crippen molar-refractivity contribution >= 4 is 11.9 Å². The Bertz CT molecular complexity index is 755. The van der Waals surface area contributed by atoms with Crippen LogP contribution in [0.2, 0.25) is 0 Å². The summed E-state index contributed by atoms with van der Waals surface area (Å²) < 4.78 is 5.04. The molecule has 1 heterocycles. The molecule has 0 bridgehead atoms. The summed E-state index contributed by atoms with van der Waals surface area (Å²) in [6.07, 6.45) is 0.742. The molecule has 0 N–H and O–H groups in total. The van der Waals surface area contributed by atoms with Gasteiger partial charge in [-0.05, 0) is 43.0 Å². The minimum atomic E-state index is -0.556. The predicted molar refractivity (Wildman–Crippen MR) is 92.7 cm³/mol. The zero-order valence-electron chi connectivity index (χ0n) is 14.0. The van der Waals surface area contributed by atoms with Crippen LogP contribution in [0.3, 0.4) is 0 Å². The molecule has 0 fully saturated rings. The van der Waals surface area contributed by atoms with Crippen LogP contribution < -0.4 is 0 Å². The summed E-state index contributed by atoms with van der Waals surface area (Å²) in [5, 5.41) is 0. The fourth-order valence-corrected chi connectivity index (χ4v) is 3.08. The van der Waals surface area contributed by atoms with E-state index in [-0.39, 0.29) is 11.9 Å². The van der Waals surface area contributed by atoms with E-state index in [9.17, 15) is 9.59 Å². The quantitative estimate of drug-likeness (QED) is 0.811. The Morgan fingerprint density at radius 3 is 2.62 bits per heavy atom. The highest BCUT2D eigenvalue weighted by atomic mass is 16.5. The van der Waals surface area contributed by atoms with Gasteiger partial charge in [-0.15, -0.1) is 0 Å². The zero-order chi connectivity index (χ0) is 17.1. The predicted octanol–water partition coefficient (Wildman–Crippen LogP) is 3.30. The standard InChI is InChI=1S/C20H21NO3/c1-3-24-20(23)14(2)21-12-11-17-13-16(9-10-18(17)19(21)22)15-7-5-4-6-8-15/h4-10,13-14H,3,11-12H2,1-2H3. The minimum absolute atomic E-state index is 0.101. The Morgan fingerprint density at radius 2 is 1.92 bits per heavy atom. The van der Waals surface area contributed by atoms with Crippen molar-refractivity contribution in [1.29, 1.82) is 0 Å². The second kappa shape index (κ2) is 6.87. The van der Waals surface area contributed by atoms with E-state index in [1.54, 1.807) is 18.7 Å². The fraction of sp³-hybridized carbons (Fsp3) is 0.300. The largest absolute Gasteiger partial charge is 0.464 e. The fourth-order valence-electron chi connectivity index (χ4n) is 3.08. The van der Waals surface area contributed by atoms with Gasteiger partial charge in [0, 0.05) is 12.1 Å². The molecule has 0 saturated carbocycles. The second-order valence-electron chi connectivity index (χ2n) is 5.91. The summed E-state index contributed by atoms with van der Waals surface area (Å²) in [7, 11) is 0. The molecular weight excluding hydrogens is 302 g/mol. The van der Waals surface area contributed by atoms with Gasteiger partial charge in [0.2, 0.25) is 0 Å². The molecule has 1 aliphatic rings. The topological polar surface area (TPSA) is 46.6 Å². The maximum Gasteiger partial charge on any atom is 0.328 e. The van der Waals surface area contributed by atoms with Gasteiger partial charge in [-0.3, -0.25) is 4.79 Å². The zero-order valence-corrected chi connectivity index (χ0v) is 14.0. The van der Waals surface area contributed by atoms with Gasteiger partial charge in [-0.1, -0.05) is 42.5 Å². The van der Waals surface area contributed by atoms with E-state index in [2.05, 4.69) is 18.2 Å². The Hall–Kier alpha value is -2.62. The van der Waals surface area contributed by atoms with Crippen LogP contribution in [0.4, 0.5) is 0 Å². The van der Waals surface area contributed by atoms with E-state index in [4.69, 9.17) is 4.74 Å². The molecule has 1 amide bonds. The molecule has 24 heavy (non-hydrogen) atoms. The Labute approximate surface area is 142 Å². The summed E-state index contributed by atoms with van der Waals surface area (Å²) in [6.45, 7) is 4.34. The summed E-state index contributed by atoms with van der Waals surface area (Å²) in [5.41, 5.74) is 3.95. The van der Waals surface area contributed by atoms with Gasteiger partial charge in [0.05, 0.1) is 6.61 Å². The van der Waals surface area contributed by atoms with Crippen molar-refractivity contribution in [2.24, 2.45) is 0 Å². The average Bonchev–Trinajstić information content (AvgIpc) is 2.62. The number of ether oxygens (including phenoxy) is 1. The van der Waals surface area contributed by atoms with Gasteiger partial charge in [-0.2, -0.15) is 0 Å². The number of benzene rings is 2. The molecule has 2 aromatic carbocycles. The summed E-state index contributed by atoms with van der Waals surface area (Å²) in [5.74, 6) is -0.452. The molecule has 1 atom stereocenters. The first kappa shape index (κ1) is 16.2. The molecule has 0 saturated heterocycles. The van der Waals surface area contributed by atoms with Crippen LogP contribution in [-0.2, 0) is 16.0 Å². The lowest BCUT2D eigenvalue weighted by atomic mass is 9.93. The average molecular weight is 323 g/mol. The van der Waals surface area contributed by atoms with Crippen molar-refractivity contribution in [3.05, 3.63) is 59.7 Å². The third-order valence-corrected chi connectivity index (χ3v) is 4.42. The molecule has 0 radical (unpaired) electrons. The van der Waals surface area contributed by atoms with E-state index in [0.717, 1.165) is 23.1 Å². The Morgan fingerprint density at radius 1 is 1.17 bits per heavy atom. The molecule has 2 aromatic rings. The van der Waals surface area contributed by atoms with E-state index in [1.165, 1.54) is 0 Å². The van der Waals surface area contributed by atoms with Gasteiger partial charge >= 0.3 is 5.97 Å². The molecular formula is C20H21NO3. The number of carbonyl (C=O) groups excluding carboxylic acids is 2. The van der Waals surface area contributed by atoms with Crippen molar-refractivity contribution in [2.45, 2.75) is 26.3 Å². The summed E-state index contributed by atoms with van der Waals surface area (Å²) in [6, 6.07) is 15.5. The number of hydrogen-bond donors (Lipinski definition) is 0. The van der Waals surface area contributed by atoms with Crippen LogP contribution >= 0.6 is 0 Å². The van der Waals surface area contributed by atoms with Gasteiger partial charge in [-0.25, -0.2) is 4.79 Å². The van der Waals surface area contributed by atoms with E-state index < -0.39 is 6.04 Å². The number of nitrogens with zero attached hydrogens (tertiary/aromatic N) is 1. The van der Waals surface area contributed by atoms with Crippen molar-refractivity contribution in [3.8, 4) is 11.1 Å². The third kappa shape index (κ3) is 3.04. The number of esters is 1. The third-order valence-electron chi connectivity index (χ3n) is 4.42. The lowest BCUT2D eigenvalue weighted by molar-refractivity contribution is -0.148.